The summed E-state index contributed by atoms with van der Waals surface area (Å²) < 4.78 is 14.4. The molecular weight excluding hydrogens is 371 g/mol. The fraction of sp³-hybridized carbons (Fsp3) is 0.0526. The third-order valence-corrected chi connectivity index (χ3v) is 4.05. The highest BCUT2D eigenvalue weighted by molar-refractivity contribution is 6.31. The smallest absolute Gasteiger partial charge is 0.278 e. The van der Waals surface area contributed by atoms with E-state index in [1.54, 1.807) is 6.92 Å². The van der Waals surface area contributed by atoms with Crippen LogP contribution in [-0.4, -0.2) is 21.6 Å². The van der Waals surface area contributed by atoms with Crippen molar-refractivity contribution >= 4 is 29.1 Å². The first kappa shape index (κ1) is 18.3. The Labute approximate surface area is 158 Å². The lowest BCUT2D eigenvalue weighted by Gasteiger charge is -2.06. The van der Waals surface area contributed by atoms with E-state index in [2.05, 4.69) is 10.4 Å². The first-order valence-corrected chi connectivity index (χ1v) is 8.14. The van der Waals surface area contributed by atoms with E-state index in [9.17, 15) is 14.0 Å². The Bertz CT molecular complexity index is 1100. The monoisotopic (exact) mass is 382 g/mol. The van der Waals surface area contributed by atoms with Gasteiger partial charge in [0.25, 0.3) is 11.8 Å². The summed E-state index contributed by atoms with van der Waals surface area (Å²) in [5.41, 5.74) is 1.16. The number of nitrogens with zero attached hydrogens (tertiary/aromatic N) is 3. The topological polar surface area (TPSA) is 87.8 Å². The number of aryl methyl sites for hydroxylation is 1. The molecule has 0 atom stereocenters. The molecule has 0 saturated carbocycles. The molecule has 0 aliphatic rings. The highest BCUT2D eigenvalue weighted by Crippen LogP contribution is 2.21. The van der Waals surface area contributed by atoms with Gasteiger partial charge in [0.2, 0.25) is 0 Å². The fourth-order valence-corrected chi connectivity index (χ4v) is 2.58. The van der Waals surface area contributed by atoms with Gasteiger partial charge < -0.3 is 5.32 Å². The number of carbonyl (C=O) groups is 2. The van der Waals surface area contributed by atoms with Gasteiger partial charge in [0.1, 0.15) is 11.9 Å². The van der Waals surface area contributed by atoms with Crippen LogP contribution in [0.2, 0.25) is 5.02 Å². The van der Waals surface area contributed by atoms with E-state index >= 15 is 0 Å². The fourth-order valence-electron chi connectivity index (χ4n) is 2.41. The number of rotatable bonds is 3. The summed E-state index contributed by atoms with van der Waals surface area (Å²) in [6, 6.07) is 11.6. The van der Waals surface area contributed by atoms with E-state index in [0.717, 1.165) is 10.7 Å². The summed E-state index contributed by atoms with van der Waals surface area (Å²) in [4.78, 5) is 24.9. The van der Waals surface area contributed by atoms with Crippen molar-refractivity contribution in [1.82, 2.24) is 9.78 Å². The van der Waals surface area contributed by atoms with Crippen LogP contribution in [-0.2, 0) is 0 Å². The lowest BCUT2D eigenvalue weighted by atomic mass is 10.1. The van der Waals surface area contributed by atoms with Crippen molar-refractivity contribution in [2.45, 2.75) is 6.92 Å². The van der Waals surface area contributed by atoms with Crippen molar-refractivity contribution in [3.05, 3.63) is 81.9 Å². The first-order chi connectivity index (χ1) is 12.9. The van der Waals surface area contributed by atoms with Crippen molar-refractivity contribution in [2.75, 3.05) is 5.32 Å². The minimum atomic E-state index is -0.615. The number of anilines is 1. The zero-order chi connectivity index (χ0) is 19.6. The van der Waals surface area contributed by atoms with Crippen LogP contribution in [0, 0.1) is 24.1 Å². The second kappa shape index (κ2) is 7.40. The number of nitrogens with one attached hydrogen (secondary N) is 1. The first-order valence-electron chi connectivity index (χ1n) is 7.76. The second-order valence-corrected chi connectivity index (χ2v) is 6.10. The van der Waals surface area contributed by atoms with E-state index < -0.39 is 17.6 Å². The molecule has 3 aromatic rings. The quantitative estimate of drug-likeness (QED) is 0.746. The van der Waals surface area contributed by atoms with E-state index in [-0.39, 0.29) is 22.5 Å². The molecule has 27 heavy (non-hydrogen) atoms. The molecule has 0 aliphatic carbocycles. The number of halogens is 2. The standard InChI is InChI=1S/C19H12ClFN4O2/c1-11-2-5-14(21)9-15(11)19(27)25-7-6-16(24-25)18(26)23-17-8-13(20)4-3-12(17)10-22/h2-9H,1H3,(H,23,26). The largest absolute Gasteiger partial charge is 0.319 e. The van der Waals surface area contributed by atoms with Crippen molar-refractivity contribution in [3.8, 4) is 6.07 Å². The highest BCUT2D eigenvalue weighted by atomic mass is 35.5. The molecule has 0 fully saturated rings. The van der Waals surface area contributed by atoms with Gasteiger partial charge in [-0.15, -0.1) is 0 Å². The molecule has 0 radical (unpaired) electrons. The van der Waals surface area contributed by atoms with Crippen LogP contribution in [0.5, 0.6) is 0 Å². The minimum absolute atomic E-state index is 0.0405. The molecule has 1 heterocycles. The maximum atomic E-state index is 13.4. The Morgan fingerprint density at radius 3 is 2.74 bits per heavy atom. The molecule has 1 aromatic heterocycles. The van der Waals surface area contributed by atoms with Gasteiger partial charge in [-0.3, -0.25) is 9.59 Å². The molecular formula is C19H12ClFN4O2. The van der Waals surface area contributed by atoms with Crippen LogP contribution in [0.3, 0.4) is 0 Å². The van der Waals surface area contributed by atoms with Gasteiger partial charge in [-0.2, -0.15) is 10.4 Å². The SMILES string of the molecule is Cc1ccc(F)cc1C(=O)n1ccc(C(=O)Nc2cc(Cl)ccc2C#N)n1. The molecule has 6 nitrogen and oxygen atoms in total. The van der Waals surface area contributed by atoms with Gasteiger partial charge in [-0.05, 0) is 48.9 Å². The molecule has 0 bridgehead atoms. The molecule has 1 amide bonds. The Hall–Kier alpha value is -3.50. The average Bonchev–Trinajstić information content (AvgIpc) is 3.13. The van der Waals surface area contributed by atoms with Crippen LogP contribution in [0.15, 0.2) is 48.7 Å². The molecule has 134 valence electrons. The lowest BCUT2D eigenvalue weighted by Crippen LogP contribution is -2.18. The number of aromatic nitrogens is 2. The van der Waals surface area contributed by atoms with E-state index in [4.69, 9.17) is 16.9 Å². The average molecular weight is 383 g/mol. The van der Waals surface area contributed by atoms with Gasteiger partial charge in [-0.25, -0.2) is 9.07 Å². The number of amides is 1. The van der Waals surface area contributed by atoms with Crippen LogP contribution in [0.25, 0.3) is 0 Å². The van der Waals surface area contributed by atoms with Crippen LogP contribution in [0.1, 0.15) is 32.0 Å². The Balaban J connectivity index is 1.84. The molecule has 8 heteroatoms. The third-order valence-electron chi connectivity index (χ3n) is 3.81. The van der Waals surface area contributed by atoms with Gasteiger partial charge >= 0.3 is 0 Å². The Morgan fingerprint density at radius 2 is 2.00 bits per heavy atom. The van der Waals surface area contributed by atoms with E-state index in [1.807, 2.05) is 6.07 Å². The summed E-state index contributed by atoms with van der Waals surface area (Å²) in [7, 11) is 0. The normalized spacial score (nSPS) is 10.3. The maximum Gasteiger partial charge on any atom is 0.278 e. The molecule has 1 N–H and O–H groups in total. The molecule has 0 saturated heterocycles. The summed E-state index contributed by atoms with van der Waals surface area (Å²) >= 11 is 5.89. The van der Waals surface area contributed by atoms with Gasteiger partial charge in [0, 0.05) is 16.8 Å². The Kier molecular flexibility index (Phi) is 5.01. The van der Waals surface area contributed by atoms with E-state index in [0.29, 0.717) is 10.6 Å². The van der Waals surface area contributed by atoms with Gasteiger partial charge in [0.05, 0.1) is 11.3 Å². The molecule has 0 unspecified atom stereocenters. The summed E-state index contributed by atoms with van der Waals surface area (Å²) in [5, 5.41) is 15.9. The zero-order valence-electron chi connectivity index (χ0n) is 14.0. The van der Waals surface area contributed by atoms with Crippen molar-refractivity contribution in [2.24, 2.45) is 0 Å². The zero-order valence-corrected chi connectivity index (χ0v) is 14.8. The van der Waals surface area contributed by atoms with Crippen LogP contribution in [0.4, 0.5) is 10.1 Å². The second-order valence-electron chi connectivity index (χ2n) is 5.67. The number of carbonyl (C=O) groups excluding carboxylic acids is 2. The lowest BCUT2D eigenvalue weighted by molar-refractivity contribution is 0.0943. The molecule has 0 spiro atoms. The van der Waals surface area contributed by atoms with Gasteiger partial charge in [0.15, 0.2) is 5.69 Å². The number of nitriles is 1. The molecule has 0 aliphatic heterocycles. The maximum absolute atomic E-state index is 13.4. The predicted molar refractivity (Wildman–Crippen MR) is 97.2 cm³/mol. The van der Waals surface area contributed by atoms with Gasteiger partial charge in [-0.1, -0.05) is 17.7 Å². The summed E-state index contributed by atoms with van der Waals surface area (Å²) in [6.45, 7) is 1.67. The highest BCUT2D eigenvalue weighted by Gasteiger charge is 2.17. The minimum Gasteiger partial charge on any atom is -0.319 e. The van der Waals surface area contributed by atoms with Crippen molar-refractivity contribution in [3.63, 3.8) is 0 Å². The number of hydrogen-bond acceptors (Lipinski definition) is 4. The summed E-state index contributed by atoms with van der Waals surface area (Å²) in [6.07, 6.45) is 1.31. The van der Waals surface area contributed by atoms with Crippen molar-refractivity contribution < 1.29 is 14.0 Å². The van der Waals surface area contributed by atoms with Crippen LogP contribution < -0.4 is 5.32 Å². The number of benzene rings is 2. The third kappa shape index (κ3) is 3.86. The summed E-state index contributed by atoms with van der Waals surface area (Å²) in [5.74, 6) is -1.72. The van der Waals surface area contributed by atoms with E-state index in [1.165, 1.54) is 42.6 Å². The number of hydrogen-bond donors (Lipinski definition) is 1. The molecule has 2 aromatic carbocycles. The predicted octanol–water partition coefficient (Wildman–Crippen LogP) is 3.80. The van der Waals surface area contributed by atoms with Crippen LogP contribution >= 0.6 is 11.6 Å². The molecule has 3 rings (SSSR count). The van der Waals surface area contributed by atoms with Crippen molar-refractivity contribution in [1.29, 1.82) is 5.26 Å². The Morgan fingerprint density at radius 1 is 1.22 bits per heavy atom.